The number of carbonyl (C=O) groups is 3. The van der Waals surface area contributed by atoms with Crippen LogP contribution in [0.2, 0.25) is 0 Å². The molecule has 302 valence electrons. The van der Waals surface area contributed by atoms with E-state index in [2.05, 4.69) is 54.5 Å². The van der Waals surface area contributed by atoms with Crippen LogP contribution in [0.3, 0.4) is 0 Å². The maximum Gasteiger partial charge on any atom is 1.00 e. The van der Waals surface area contributed by atoms with Gasteiger partial charge in [0.2, 0.25) is 5.36 Å². The van der Waals surface area contributed by atoms with Gasteiger partial charge in [0, 0.05) is 68.5 Å². The molecule has 0 spiro atoms. The fourth-order valence-corrected chi connectivity index (χ4v) is 7.67. The van der Waals surface area contributed by atoms with Gasteiger partial charge in [-0.2, -0.15) is 0 Å². The summed E-state index contributed by atoms with van der Waals surface area (Å²) >= 11 is 0. The SMILES string of the molecule is COCC[N+](CCOC)=c1ccc2c(C(C)(C)C)cc(/C=C/C=C3/N(CCCCCC(=O)ON4C(=O)CCC4=O)c4ccc(S(=O)(=O)[O-])cc4C3(C)C)oc-2c1.[Na+]. The topological polar surface area (TPSA) is 159 Å². The molecule has 0 bridgehead atoms. The fourth-order valence-electron chi connectivity index (χ4n) is 7.17. The minimum atomic E-state index is -4.68. The molecular weight excluding hydrogens is 762 g/mol. The summed E-state index contributed by atoms with van der Waals surface area (Å²) in [5.74, 6) is -0.279. The number of benzene rings is 2. The van der Waals surface area contributed by atoms with Crippen molar-refractivity contribution in [3.8, 4) is 11.3 Å². The molecular formula is C42H53N3NaO10S+. The Morgan fingerprint density at radius 1 is 0.965 bits per heavy atom. The van der Waals surface area contributed by atoms with Gasteiger partial charge in [-0.05, 0) is 71.9 Å². The predicted octanol–water partition coefficient (Wildman–Crippen LogP) is 2.52. The molecule has 3 heterocycles. The molecule has 1 saturated heterocycles. The summed E-state index contributed by atoms with van der Waals surface area (Å²) in [5.41, 5.74) is 3.68. The Morgan fingerprint density at radius 3 is 2.25 bits per heavy atom. The first-order valence-electron chi connectivity index (χ1n) is 18.9. The molecule has 57 heavy (non-hydrogen) atoms. The first-order valence-corrected chi connectivity index (χ1v) is 20.3. The van der Waals surface area contributed by atoms with E-state index < -0.39 is 33.3 Å². The summed E-state index contributed by atoms with van der Waals surface area (Å²) in [5, 5.41) is 1.55. The van der Waals surface area contributed by atoms with Crippen molar-refractivity contribution in [2.45, 2.75) is 88.9 Å². The number of nitrogens with zero attached hydrogens (tertiary/aromatic N) is 3. The Balaban J connectivity index is 0.00000720. The van der Waals surface area contributed by atoms with Crippen LogP contribution in [0.5, 0.6) is 0 Å². The number of amides is 2. The van der Waals surface area contributed by atoms with Crippen molar-refractivity contribution in [1.82, 2.24) is 9.64 Å². The van der Waals surface area contributed by atoms with E-state index in [1.54, 1.807) is 20.3 Å². The molecule has 15 heteroatoms. The number of anilines is 1. The summed E-state index contributed by atoms with van der Waals surface area (Å²) < 4.78 is 55.5. The van der Waals surface area contributed by atoms with E-state index >= 15 is 0 Å². The van der Waals surface area contributed by atoms with Gasteiger partial charge in [-0.3, -0.25) is 9.59 Å². The van der Waals surface area contributed by atoms with Gasteiger partial charge in [0.25, 0.3) is 11.8 Å². The monoisotopic (exact) mass is 814 g/mol. The summed E-state index contributed by atoms with van der Waals surface area (Å²) in [6, 6.07) is 12.8. The van der Waals surface area contributed by atoms with E-state index in [0.29, 0.717) is 68.5 Å². The van der Waals surface area contributed by atoms with Crippen LogP contribution >= 0.6 is 0 Å². The third-order valence-electron chi connectivity index (χ3n) is 10.2. The molecule has 1 aromatic carbocycles. The van der Waals surface area contributed by atoms with E-state index in [0.717, 1.165) is 33.6 Å². The number of unbranched alkanes of at least 4 members (excludes halogenated alkanes) is 2. The molecule has 3 aliphatic heterocycles. The van der Waals surface area contributed by atoms with Gasteiger partial charge < -0.3 is 28.2 Å². The Kier molecular flexibility index (Phi) is 15.7. The number of carbonyl (C=O) groups excluding carboxylic acids is 3. The minimum absolute atomic E-state index is 0. The second-order valence-electron chi connectivity index (χ2n) is 15.6. The number of rotatable bonds is 16. The van der Waals surface area contributed by atoms with Crippen molar-refractivity contribution in [3.05, 3.63) is 82.6 Å². The molecule has 4 aliphatic rings. The van der Waals surface area contributed by atoms with Gasteiger partial charge >= 0.3 is 35.5 Å². The molecule has 0 saturated carbocycles. The molecule has 0 atom stereocenters. The first-order chi connectivity index (χ1) is 26.4. The maximum absolute atomic E-state index is 12.3. The Morgan fingerprint density at radius 2 is 1.63 bits per heavy atom. The molecule has 0 radical (unpaired) electrons. The Labute approximate surface area is 357 Å². The smallest absolute Gasteiger partial charge is 0.744 e. The van der Waals surface area contributed by atoms with Crippen LogP contribution in [0.25, 0.3) is 17.4 Å². The summed E-state index contributed by atoms with van der Waals surface area (Å²) in [7, 11) is -1.32. The van der Waals surface area contributed by atoms with Gasteiger partial charge in [0.05, 0.1) is 11.0 Å². The van der Waals surface area contributed by atoms with Crippen molar-refractivity contribution in [2.24, 2.45) is 0 Å². The van der Waals surface area contributed by atoms with Crippen LogP contribution in [-0.2, 0) is 49.6 Å². The maximum atomic E-state index is 12.3. The van der Waals surface area contributed by atoms with Gasteiger partial charge in [-0.15, -0.1) is 5.06 Å². The first kappa shape index (κ1) is 46.1. The van der Waals surface area contributed by atoms with Crippen LogP contribution in [0.4, 0.5) is 5.69 Å². The molecule has 5 rings (SSSR count). The van der Waals surface area contributed by atoms with Crippen molar-refractivity contribution in [2.75, 3.05) is 52.0 Å². The number of imide groups is 1. The van der Waals surface area contributed by atoms with E-state index in [4.69, 9.17) is 18.7 Å². The molecule has 0 aromatic heterocycles. The standard InChI is InChI=1S/C42H53N3O10S.Na/c1-41(2,3)33-27-30(54-36-26-29(15-17-32(33)36)43(22-24-52-6)23-25-53-7)12-11-13-37-42(4,5)34-28-31(56(49,50)51)16-18-35(34)44(37)21-10-8-9-14-40(48)55-45-38(46)19-20-39(45)47;/h11-13,15-18,26-28H,8-10,14,19-25H2,1-7H3;/q;+1. The minimum Gasteiger partial charge on any atom is -0.744 e. The zero-order valence-corrected chi connectivity index (χ0v) is 37.2. The van der Waals surface area contributed by atoms with Crippen molar-refractivity contribution in [1.29, 1.82) is 0 Å². The number of fused-ring (bicyclic) bond motifs is 2. The molecule has 13 nitrogen and oxygen atoms in total. The van der Waals surface area contributed by atoms with Crippen molar-refractivity contribution in [3.63, 3.8) is 0 Å². The zero-order valence-electron chi connectivity index (χ0n) is 34.4. The number of allylic oxidation sites excluding steroid dienone is 3. The van der Waals surface area contributed by atoms with E-state index in [9.17, 15) is 27.4 Å². The van der Waals surface area contributed by atoms with Crippen LogP contribution in [-0.4, -0.2) is 82.9 Å². The van der Waals surface area contributed by atoms with Crippen LogP contribution < -0.4 is 44.4 Å². The quantitative estimate of drug-likeness (QED) is 0.0688. The number of ether oxygens (including phenoxy) is 2. The number of hydrogen-bond acceptors (Lipinski definition) is 11. The fraction of sp³-hybridized carbons (Fsp3) is 0.476. The summed E-state index contributed by atoms with van der Waals surface area (Å²) in [4.78, 5) is 42.8. The average Bonchev–Trinajstić information content (AvgIpc) is 3.56. The molecule has 1 aromatic rings. The zero-order chi connectivity index (χ0) is 40.8. The largest absolute Gasteiger partial charge is 1.00 e. The normalized spacial score (nSPS) is 16.2. The van der Waals surface area contributed by atoms with Crippen LogP contribution in [0.15, 0.2) is 69.6 Å². The van der Waals surface area contributed by atoms with Gasteiger partial charge in [0.15, 0.2) is 13.1 Å². The molecule has 0 unspecified atom stereocenters. The second kappa shape index (κ2) is 19.4. The predicted molar refractivity (Wildman–Crippen MR) is 210 cm³/mol. The van der Waals surface area contributed by atoms with Crippen LogP contribution in [0.1, 0.15) is 90.0 Å². The van der Waals surface area contributed by atoms with Crippen molar-refractivity contribution >= 4 is 39.7 Å². The molecule has 0 N–H and O–H groups in total. The van der Waals surface area contributed by atoms with Crippen LogP contribution in [0, 0.1) is 0 Å². The third-order valence-corrected chi connectivity index (χ3v) is 11.0. The van der Waals surface area contributed by atoms with Gasteiger partial charge in [0.1, 0.15) is 34.9 Å². The van der Waals surface area contributed by atoms with E-state index in [-0.39, 0.29) is 59.1 Å². The average molecular weight is 815 g/mol. The van der Waals surface area contributed by atoms with Crippen molar-refractivity contribution < 1.29 is 75.6 Å². The van der Waals surface area contributed by atoms with E-state index in [1.165, 1.54) is 12.1 Å². The van der Waals surface area contributed by atoms with Gasteiger partial charge in [-0.1, -0.05) is 47.1 Å². The van der Waals surface area contributed by atoms with Gasteiger partial charge in [-0.25, -0.2) is 17.8 Å². The summed E-state index contributed by atoms with van der Waals surface area (Å²) in [6.07, 6.45) is 7.70. The third kappa shape index (κ3) is 11.1. The Bertz CT molecular complexity index is 2140. The Hall–Kier alpha value is -3.63. The molecule has 1 fully saturated rings. The summed E-state index contributed by atoms with van der Waals surface area (Å²) in [6.45, 7) is 13.5. The molecule has 2 amide bonds. The number of hydrogen-bond donors (Lipinski definition) is 0. The number of hydroxylamine groups is 2. The second-order valence-corrected chi connectivity index (χ2v) is 17.0. The number of methoxy groups -OCH3 is 2. The molecule has 1 aliphatic carbocycles. The van der Waals surface area contributed by atoms with E-state index in [1.807, 2.05) is 32.1 Å².